The van der Waals surface area contributed by atoms with Crippen LogP contribution in [0.4, 0.5) is 18.9 Å². The summed E-state index contributed by atoms with van der Waals surface area (Å²) in [6.07, 6.45) is -4.26. The van der Waals surface area contributed by atoms with E-state index < -0.39 is 12.7 Å². The van der Waals surface area contributed by atoms with E-state index >= 15 is 0 Å². The van der Waals surface area contributed by atoms with Gasteiger partial charge in [0.05, 0.1) is 13.1 Å². The largest absolute Gasteiger partial charge is 0.401 e. The van der Waals surface area contributed by atoms with Crippen molar-refractivity contribution in [1.29, 1.82) is 0 Å². The fourth-order valence-electron chi connectivity index (χ4n) is 2.00. The molecule has 3 nitrogen and oxygen atoms in total. The molecule has 0 bridgehead atoms. The lowest BCUT2D eigenvalue weighted by molar-refractivity contribution is -0.150. The van der Waals surface area contributed by atoms with Gasteiger partial charge in [-0.15, -0.1) is 0 Å². The first-order chi connectivity index (χ1) is 8.85. The predicted molar refractivity (Wildman–Crippen MR) is 69.0 cm³/mol. The summed E-state index contributed by atoms with van der Waals surface area (Å²) < 4.78 is 37.7. The maximum atomic E-state index is 12.3. The van der Waals surface area contributed by atoms with Crippen LogP contribution in [0.5, 0.6) is 0 Å². The second-order valence-electron chi connectivity index (χ2n) is 4.35. The first-order valence-electron chi connectivity index (χ1n) is 5.70. The molecule has 0 spiro atoms. The summed E-state index contributed by atoms with van der Waals surface area (Å²) in [5.74, 6) is -0.308. The van der Waals surface area contributed by atoms with E-state index in [2.05, 4.69) is 15.9 Å². The zero-order chi connectivity index (χ0) is 14.0. The Hall–Kier alpha value is -1.08. The van der Waals surface area contributed by atoms with Crippen molar-refractivity contribution >= 4 is 27.5 Å². The maximum Gasteiger partial charge on any atom is 0.401 e. The standard InChI is InChI=1S/C12H12BrF3N2O/c13-9-1-3-10(4-2-9)18-6-5-17(7-11(18)19)8-12(14,15)16/h1-4H,5-8H2. The summed E-state index contributed by atoms with van der Waals surface area (Å²) in [4.78, 5) is 14.5. The van der Waals surface area contributed by atoms with Crippen molar-refractivity contribution in [2.45, 2.75) is 6.18 Å². The molecule has 7 heteroatoms. The molecule has 0 atom stereocenters. The normalized spacial score (nSPS) is 17.9. The SMILES string of the molecule is O=C1CN(CC(F)(F)F)CCN1c1ccc(Br)cc1. The Morgan fingerprint density at radius 3 is 2.32 bits per heavy atom. The summed E-state index contributed by atoms with van der Waals surface area (Å²) in [5.41, 5.74) is 0.708. The average Bonchev–Trinajstić information content (AvgIpc) is 2.29. The molecule has 0 aromatic heterocycles. The molecule has 1 aromatic rings. The molecule has 1 heterocycles. The second-order valence-corrected chi connectivity index (χ2v) is 5.26. The number of hydrogen-bond acceptors (Lipinski definition) is 2. The maximum absolute atomic E-state index is 12.3. The third-order valence-electron chi connectivity index (χ3n) is 2.84. The van der Waals surface area contributed by atoms with Crippen LogP contribution in [-0.4, -0.2) is 43.2 Å². The number of nitrogens with zero attached hydrogens (tertiary/aromatic N) is 2. The number of hydrogen-bond donors (Lipinski definition) is 0. The molecule has 19 heavy (non-hydrogen) atoms. The highest BCUT2D eigenvalue weighted by molar-refractivity contribution is 9.10. The molecule has 1 amide bonds. The average molecular weight is 337 g/mol. The third-order valence-corrected chi connectivity index (χ3v) is 3.37. The molecule has 104 valence electrons. The van der Waals surface area contributed by atoms with E-state index in [-0.39, 0.29) is 25.5 Å². The Morgan fingerprint density at radius 1 is 1.16 bits per heavy atom. The minimum atomic E-state index is -4.26. The monoisotopic (exact) mass is 336 g/mol. The summed E-state index contributed by atoms with van der Waals surface area (Å²) in [6, 6.07) is 7.12. The number of amides is 1. The summed E-state index contributed by atoms with van der Waals surface area (Å²) >= 11 is 3.29. The van der Waals surface area contributed by atoms with Gasteiger partial charge < -0.3 is 4.90 Å². The first-order valence-corrected chi connectivity index (χ1v) is 6.49. The topological polar surface area (TPSA) is 23.6 Å². The molecule has 1 saturated heterocycles. The quantitative estimate of drug-likeness (QED) is 0.828. The second kappa shape index (κ2) is 5.50. The molecule has 1 aliphatic rings. The van der Waals surface area contributed by atoms with Crippen LogP contribution in [0.2, 0.25) is 0 Å². The Labute approximate surface area is 117 Å². The molecule has 1 aliphatic heterocycles. The van der Waals surface area contributed by atoms with Crippen molar-refractivity contribution in [2.75, 3.05) is 31.1 Å². The first kappa shape index (κ1) is 14.3. The molecule has 1 aromatic carbocycles. The molecular weight excluding hydrogens is 325 g/mol. The highest BCUT2D eigenvalue weighted by atomic mass is 79.9. The van der Waals surface area contributed by atoms with E-state index in [1.165, 1.54) is 4.90 Å². The van der Waals surface area contributed by atoms with Gasteiger partial charge in [-0.1, -0.05) is 15.9 Å². The van der Waals surface area contributed by atoms with Crippen LogP contribution in [0.3, 0.4) is 0 Å². The molecule has 2 rings (SSSR count). The Balaban J connectivity index is 2.01. The van der Waals surface area contributed by atoms with E-state index in [1.807, 2.05) is 0 Å². The van der Waals surface area contributed by atoms with Crippen molar-refractivity contribution in [3.05, 3.63) is 28.7 Å². The lowest BCUT2D eigenvalue weighted by Crippen LogP contribution is -2.52. The van der Waals surface area contributed by atoms with E-state index in [0.29, 0.717) is 5.69 Å². The van der Waals surface area contributed by atoms with Crippen LogP contribution in [0.15, 0.2) is 28.7 Å². The number of halogens is 4. The zero-order valence-corrected chi connectivity index (χ0v) is 11.5. The molecule has 0 radical (unpaired) electrons. The van der Waals surface area contributed by atoms with E-state index in [9.17, 15) is 18.0 Å². The minimum absolute atomic E-state index is 0.199. The van der Waals surface area contributed by atoms with Crippen LogP contribution in [-0.2, 0) is 4.79 Å². The Bertz CT molecular complexity index is 461. The van der Waals surface area contributed by atoms with E-state index in [0.717, 1.165) is 9.37 Å². The van der Waals surface area contributed by atoms with Gasteiger partial charge in [0, 0.05) is 23.2 Å². The van der Waals surface area contributed by atoms with Crippen molar-refractivity contribution in [2.24, 2.45) is 0 Å². The molecule has 1 fully saturated rings. The van der Waals surface area contributed by atoms with Crippen LogP contribution in [0.25, 0.3) is 0 Å². The number of rotatable bonds is 2. The number of carbonyl (C=O) groups is 1. The Morgan fingerprint density at radius 2 is 1.79 bits per heavy atom. The van der Waals surface area contributed by atoms with Crippen molar-refractivity contribution in [3.63, 3.8) is 0 Å². The summed E-state index contributed by atoms with van der Waals surface area (Å²) in [5, 5.41) is 0. The molecule has 0 aliphatic carbocycles. The van der Waals surface area contributed by atoms with Crippen molar-refractivity contribution < 1.29 is 18.0 Å². The third kappa shape index (κ3) is 3.94. The van der Waals surface area contributed by atoms with Gasteiger partial charge in [-0.2, -0.15) is 13.2 Å². The lowest BCUT2D eigenvalue weighted by atomic mass is 10.2. The van der Waals surface area contributed by atoms with Gasteiger partial charge in [-0.25, -0.2) is 0 Å². The van der Waals surface area contributed by atoms with Crippen LogP contribution in [0.1, 0.15) is 0 Å². The number of piperazine rings is 1. The number of anilines is 1. The highest BCUT2D eigenvalue weighted by Gasteiger charge is 2.34. The van der Waals surface area contributed by atoms with Gasteiger partial charge in [-0.05, 0) is 24.3 Å². The van der Waals surface area contributed by atoms with Crippen molar-refractivity contribution in [3.8, 4) is 0 Å². The van der Waals surface area contributed by atoms with Crippen LogP contribution in [0, 0.1) is 0 Å². The molecule has 0 N–H and O–H groups in total. The molecule has 0 saturated carbocycles. The van der Waals surface area contributed by atoms with Gasteiger partial charge in [0.2, 0.25) is 5.91 Å². The van der Waals surface area contributed by atoms with Gasteiger partial charge in [-0.3, -0.25) is 9.69 Å². The van der Waals surface area contributed by atoms with Crippen LogP contribution < -0.4 is 4.90 Å². The van der Waals surface area contributed by atoms with Crippen molar-refractivity contribution in [1.82, 2.24) is 4.90 Å². The van der Waals surface area contributed by atoms with E-state index in [1.54, 1.807) is 24.3 Å². The molecular formula is C12H12BrF3N2O. The molecule has 0 unspecified atom stereocenters. The zero-order valence-electron chi connectivity index (χ0n) is 9.95. The van der Waals surface area contributed by atoms with Crippen LogP contribution >= 0.6 is 15.9 Å². The Kier molecular flexibility index (Phi) is 4.15. The highest BCUT2D eigenvalue weighted by Crippen LogP contribution is 2.22. The van der Waals surface area contributed by atoms with Gasteiger partial charge in [0.1, 0.15) is 0 Å². The number of alkyl halides is 3. The smallest absolute Gasteiger partial charge is 0.310 e. The lowest BCUT2D eigenvalue weighted by Gasteiger charge is -2.34. The fourth-order valence-corrected chi connectivity index (χ4v) is 2.27. The van der Waals surface area contributed by atoms with Gasteiger partial charge in [0.15, 0.2) is 0 Å². The number of carbonyl (C=O) groups excluding carboxylic acids is 1. The van der Waals surface area contributed by atoms with E-state index in [4.69, 9.17) is 0 Å². The number of benzene rings is 1. The fraction of sp³-hybridized carbons (Fsp3) is 0.417. The summed E-state index contributed by atoms with van der Waals surface area (Å²) in [6.45, 7) is -0.736. The van der Waals surface area contributed by atoms with Gasteiger partial charge >= 0.3 is 6.18 Å². The minimum Gasteiger partial charge on any atom is -0.310 e. The predicted octanol–water partition coefficient (Wildman–Crippen LogP) is 2.66. The summed E-state index contributed by atoms with van der Waals surface area (Å²) in [7, 11) is 0. The van der Waals surface area contributed by atoms with Gasteiger partial charge in [0.25, 0.3) is 0 Å².